The van der Waals surface area contributed by atoms with Crippen LogP contribution in [0.1, 0.15) is 20.8 Å². The maximum Gasteiger partial charge on any atom is 0.149 e. The molecule has 0 amide bonds. The summed E-state index contributed by atoms with van der Waals surface area (Å²) in [4.78, 5) is 0. The minimum Gasteiger partial charge on any atom is -0.495 e. The molecule has 0 saturated heterocycles. The number of hydrogen-bond acceptors (Lipinski definition) is 4. The molecule has 1 radical (unpaired) electrons. The molecule has 0 aliphatic carbocycles. The van der Waals surface area contributed by atoms with Gasteiger partial charge in [0.05, 0.1) is 17.6 Å². The third-order valence-corrected chi connectivity index (χ3v) is 3.74. The Bertz CT molecular complexity index is 283. The highest BCUT2D eigenvalue weighted by Crippen LogP contribution is 2.25. The van der Waals surface area contributed by atoms with Gasteiger partial charge < -0.3 is 19.7 Å². The first-order valence-electron chi connectivity index (χ1n) is 5.90. The number of rotatable bonds is 3. The third-order valence-electron chi connectivity index (χ3n) is 2.47. The molecule has 0 aromatic carbocycles. The topological polar surface area (TPSA) is 58.9 Å². The fraction of sp³-hybridized carbons (Fsp3) is 0.833. The largest absolute Gasteiger partial charge is 0.495 e. The minimum absolute atomic E-state index is 0.149. The molecule has 1 aliphatic rings. The summed E-state index contributed by atoms with van der Waals surface area (Å²) in [5.41, 5.74) is -0.375. The predicted molar refractivity (Wildman–Crippen MR) is 68.2 cm³/mol. The lowest BCUT2D eigenvalue weighted by Crippen LogP contribution is -2.49. The highest BCUT2D eigenvalue weighted by Gasteiger charge is 2.37. The summed E-state index contributed by atoms with van der Waals surface area (Å²) >= 11 is 0. The Morgan fingerprint density at radius 2 is 2.00 bits per heavy atom. The average molecular weight is 259 g/mol. The lowest BCUT2D eigenvalue weighted by Gasteiger charge is -2.38. The number of aliphatic hydroxyl groups excluding tert-OH is 2. The van der Waals surface area contributed by atoms with E-state index in [9.17, 15) is 10.2 Å². The Morgan fingerprint density at radius 3 is 2.41 bits per heavy atom. The Morgan fingerprint density at radius 1 is 1.41 bits per heavy atom. The maximum absolute atomic E-state index is 10.1. The Hall–Kier alpha value is -0.363. The molecular weight excluding hydrogens is 236 g/mol. The summed E-state index contributed by atoms with van der Waals surface area (Å²) in [7, 11) is -0.764. The van der Waals surface area contributed by atoms with Crippen LogP contribution in [0.2, 0.25) is 13.1 Å². The van der Waals surface area contributed by atoms with Crippen LogP contribution in [0.4, 0.5) is 0 Å². The van der Waals surface area contributed by atoms with Crippen molar-refractivity contribution in [3.05, 3.63) is 11.5 Å². The van der Waals surface area contributed by atoms with E-state index in [1.807, 2.05) is 20.8 Å². The van der Waals surface area contributed by atoms with Crippen molar-refractivity contribution in [3.63, 3.8) is 0 Å². The van der Waals surface area contributed by atoms with Crippen molar-refractivity contribution in [2.24, 2.45) is 0 Å². The molecule has 3 atom stereocenters. The summed E-state index contributed by atoms with van der Waals surface area (Å²) in [6.45, 7) is 9.78. The van der Waals surface area contributed by atoms with E-state index in [0.29, 0.717) is 0 Å². The van der Waals surface area contributed by atoms with Crippen molar-refractivity contribution in [2.75, 3.05) is 6.61 Å². The van der Waals surface area contributed by atoms with Crippen molar-refractivity contribution in [3.8, 4) is 0 Å². The molecule has 0 unspecified atom stereocenters. The summed E-state index contributed by atoms with van der Waals surface area (Å²) in [5, 5.41) is 20.2. The Kier molecular flexibility index (Phi) is 4.77. The van der Waals surface area contributed by atoms with Crippen molar-refractivity contribution in [1.82, 2.24) is 0 Å². The maximum atomic E-state index is 10.1. The second kappa shape index (κ2) is 5.52. The van der Waals surface area contributed by atoms with E-state index >= 15 is 0 Å². The molecule has 5 heteroatoms. The second-order valence-electron chi connectivity index (χ2n) is 5.56. The standard InChI is InChI=1S/C12H23O4Si/c1-12(2,3)16-11-8(14)6-10(17(4)5)15-9(11)7-13/h6,8-9,11,13-14H,7H2,1-5H3/t8-,9-,11+/m1/s1. The normalized spacial score (nSPS) is 30.1. The Balaban J connectivity index is 2.84. The first-order valence-corrected chi connectivity index (χ1v) is 8.40. The van der Waals surface area contributed by atoms with Crippen LogP contribution >= 0.6 is 0 Å². The van der Waals surface area contributed by atoms with Crippen LogP contribution in [0.25, 0.3) is 0 Å². The van der Waals surface area contributed by atoms with Gasteiger partial charge in [0.1, 0.15) is 27.1 Å². The first-order chi connectivity index (χ1) is 7.74. The van der Waals surface area contributed by atoms with Crippen LogP contribution < -0.4 is 0 Å². The smallest absolute Gasteiger partial charge is 0.149 e. The van der Waals surface area contributed by atoms with E-state index in [-0.39, 0.29) is 12.2 Å². The molecule has 1 rings (SSSR count). The van der Waals surface area contributed by atoms with Crippen molar-refractivity contribution >= 4 is 8.80 Å². The molecule has 1 heterocycles. The lowest BCUT2D eigenvalue weighted by atomic mass is 10.0. The van der Waals surface area contributed by atoms with Gasteiger partial charge in [-0.15, -0.1) is 0 Å². The number of aliphatic hydroxyl groups is 2. The fourth-order valence-corrected chi connectivity index (χ4v) is 2.61. The number of hydrogen-bond donors (Lipinski definition) is 2. The van der Waals surface area contributed by atoms with E-state index < -0.39 is 27.1 Å². The average Bonchev–Trinajstić information content (AvgIpc) is 2.18. The Labute approximate surface area is 105 Å². The summed E-state index contributed by atoms with van der Waals surface area (Å²) < 4.78 is 11.5. The van der Waals surface area contributed by atoms with Crippen molar-refractivity contribution in [1.29, 1.82) is 0 Å². The van der Waals surface area contributed by atoms with Gasteiger partial charge in [-0.2, -0.15) is 0 Å². The molecule has 4 nitrogen and oxygen atoms in total. The summed E-state index contributed by atoms with van der Waals surface area (Å²) in [6, 6.07) is 0. The molecule has 0 aromatic heterocycles. The molecule has 0 bridgehead atoms. The highest BCUT2D eigenvalue weighted by molar-refractivity contribution is 6.63. The van der Waals surface area contributed by atoms with Crippen LogP contribution in [0.5, 0.6) is 0 Å². The monoisotopic (exact) mass is 259 g/mol. The van der Waals surface area contributed by atoms with Gasteiger partial charge in [-0.3, -0.25) is 0 Å². The molecule has 2 N–H and O–H groups in total. The van der Waals surface area contributed by atoms with Gasteiger partial charge in [0.15, 0.2) is 0 Å². The van der Waals surface area contributed by atoms with Crippen LogP contribution in [0.15, 0.2) is 11.5 Å². The SMILES string of the molecule is C[Si](C)C1=C[C@@H](O)[C@H](OC(C)(C)C)[C@@H](CO)O1. The second-order valence-corrected chi connectivity index (χ2v) is 8.05. The van der Waals surface area contributed by atoms with Gasteiger partial charge in [0.25, 0.3) is 0 Å². The molecule has 1 aliphatic heterocycles. The first kappa shape index (κ1) is 14.7. The highest BCUT2D eigenvalue weighted by atomic mass is 28.3. The third kappa shape index (κ3) is 4.10. The summed E-state index contributed by atoms with van der Waals surface area (Å²) in [6.07, 6.45) is 0.0147. The zero-order valence-corrected chi connectivity index (χ0v) is 12.2. The van der Waals surface area contributed by atoms with Crippen molar-refractivity contribution < 1.29 is 19.7 Å². The zero-order valence-electron chi connectivity index (χ0n) is 11.2. The van der Waals surface area contributed by atoms with Crippen molar-refractivity contribution in [2.45, 2.75) is 57.8 Å². The fourth-order valence-electron chi connectivity index (χ4n) is 1.72. The van der Waals surface area contributed by atoms with E-state index in [1.54, 1.807) is 6.08 Å². The van der Waals surface area contributed by atoms with Crippen LogP contribution in [0.3, 0.4) is 0 Å². The van der Waals surface area contributed by atoms with E-state index in [2.05, 4.69) is 13.1 Å². The van der Waals surface area contributed by atoms with E-state index in [0.717, 1.165) is 5.38 Å². The van der Waals surface area contributed by atoms with Gasteiger partial charge in [-0.1, -0.05) is 13.1 Å². The molecular formula is C12H23O4Si. The van der Waals surface area contributed by atoms with Gasteiger partial charge in [0.2, 0.25) is 0 Å². The molecule has 0 fully saturated rings. The van der Waals surface area contributed by atoms with Gasteiger partial charge in [-0.25, -0.2) is 0 Å². The van der Waals surface area contributed by atoms with Crippen LogP contribution in [-0.4, -0.2) is 49.5 Å². The van der Waals surface area contributed by atoms with Gasteiger partial charge >= 0.3 is 0 Å². The quantitative estimate of drug-likeness (QED) is 0.745. The summed E-state index contributed by atoms with van der Waals surface area (Å²) in [5.74, 6) is 0. The zero-order chi connectivity index (χ0) is 13.2. The minimum atomic E-state index is -0.764. The van der Waals surface area contributed by atoms with Gasteiger partial charge in [-0.05, 0) is 26.8 Å². The lowest BCUT2D eigenvalue weighted by molar-refractivity contribution is -0.165. The van der Waals surface area contributed by atoms with Crippen LogP contribution in [0, 0.1) is 0 Å². The predicted octanol–water partition coefficient (Wildman–Crippen LogP) is 1.10. The molecule has 0 aromatic rings. The van der Waals surface area contributed by atoms with E-state index in [4.69, 9.17) is 9.47 Å². The van der Waals surface area contributed by atoms with Crippen LogP contribution in [-0.2, 0) is 9.47 Å². The molecule has 0 saturated carbocycles. The molecule has 17 heavy (non-hydrogen) atoms. The molecule has 99 valence electrons. The van der Waals surface area contributed by atoms with E-state index in [1.165, 1.54) is 0 Å². The van der Waals surface area contributed by atoms with Gasteiger partial charge in [0, 0.05) is 0 Å². The molecule has 0 spiro atoms. The number of ether oxygens (including phenoxy) is 2.